The number of nitrogens with one attached hydrogen (secondary N) is 2. The fraction of sp³-hybridized carbons (Fsp3) is 0.857. The van der Waals surface area contributed by atoms with Crippen LogP contribution >= 0.6 is 0 Å². The molecule has 52 valence electrons. The first-order valence-corrected chi connectivity index (χ1v) is 3.56. The van der Waals surface area contributed by atoms with E-state index in [0.29, 0.717) is 5.92 Å². The molecule has 0 unspecified atom stereocenters. The summed E-state index contributed by atoms with van der Waals surface area (Å²) in [5.74, 6) is 0.575. The van der Waals surface area contributed by atoms with Crippen LogP contribution in [0.15, 0.2) is 0 Å². The van der Waals surface area contributed by atoms with Gasteiger partial charge in [0.1, 0.15) is 0 Å². The molecule has 0 bridgehead atoms. The zero-order valence-electron chi connectivity index (χ0n) is 5.91. The van der Waals surface area contributed by atoms with Crippen molar-refractivity contribution in [2.45, 2.75) is 19.8 Å². The van der Waals surface area contributed by atoms with Crippen molar-refractivity contribution >= 4 is 5.71 Å². The second-order valence-electron chi connectivity index (χ2n) is 2.71. The van der Waals surface area contributed by atoms with Gasteiger partial charge in [0, 0.05) is 5.71 Å². The van der Waals surface area contributed by atoms with E-state index in [1.807, 2.05) is 6.92 Å². The van der Waals surface area contributed by atoms with Crippen LogP contribution in [0, 0.1) is 11.3 Å². The van der Waals surface area contributed by atoms with Gasteiger partial charge in [-0.2, -0.15) is 0 Å². The average molecular weight is 126 g/mol. The molecular formula is C7H14N2. The summed E-state index contributed by atoms with van der Waals surface area (Å²) in [4.78, 5) is 0. The van der Waals surface area contributed by atoms with Crippen molar-refractivity contribution < 1.29 is 0 Å². The number of rotatable bonds is 1. The Bertz CT molecular complexity index is 103. The first-order chi connectivity index (χ1) is 4.30. The van der Waals surface area contributed by atoms with Gasteiger partial charge in [0.05, 0.1) is 0 Å². The molecule has 0 atom stereocenters. The number of hydrogen-bond acceptors (Lipinski definition) is 2. The van der Waals surface area contributed by atoms with Gasteiger partial charge in [-0.3, -0.25) is 0 Å². The Morgan fingerprint density at radius 1 is 1.44 bits per heavy atom. The van der Waals surface area contributed by atoms with Crippen LogP contribution in [0.3, 0.4) is 0 Å². The number of piperidine rings is 1. The molecule has 0 spiro atoms. The Kier molecular flexibility index (Phi) is 2.22. The molecule has 1 saturated heterocycles. The van der Waals surface area contributed by atoms with Crippen molar-refractivity contribution in [3.8, 4) is 0 Å². The third kappa shape index (κ3) is 1.79. The van der Waals surface area contributed by atoms with E-state index in [0.717, 1.165) is 31.6 Å². The predicted octanol–water partition coefficient (Wildman–Crippen LogP) is 1.03. The molecule has 0 radical (unpaired) electrons. The summed E-state index contributed by atoms with van der Waals surface area (Å²) >= 11 is 0. The standard InChI is InChI=1S/C7H14N2/c1-6(8)7-2-4-9-5-3-7/h7-9H,2-5H2,1H3. The lowest BCUT2D eigenvalue weighted by Gasteiger charge is -2.21. The lowest BCUT2D eigenvalue weighted by molar-refractivity contribution is 0.454. The Labute approximate surface area is 56.2 Å². The molecule has 1 fully saturated rings. The molecule has 2 nitrogen and oxygen atoms in total. The summed E-state index contributed by atoms with van der Waals surface area (Å²) in [6.45, 7) is 4.11. The molecule has 0 saturated carbocycles. The van der Waals surface area contributed by atoms with E-state index in [4.69, 9.17) is 5.41 Å². The zero-order chi connectivity index (χ0) is 6.69. The van der Waals surface area contributed by atoms with Crippen LogP contribution in [-0.4, -0.2) is 18.8 Å². The molecule has 1 aliphatic heterocycles. The molecule has 9 heavy (non-hydrogen) atoms. The smallest absolute Gasteiger partial charge is 0.00900 e. The topological polar surface area (TPSA) is 35.9 Å². The van der Waals surface area contributed by atoms with Crippen LogP contribution in [0.5, 0.6) is 0 Å². The summed E-state index contributed by atoms with van der Waals surface area (Å²) in [7, 11) is 0. The fourth-order valence-corrected chi connectivity index (χ4v) is 1.25. The zero-order valence-corrected chi connectivity index (χ0v) is 5.91. The van der Waals surface area contributed by atoms with Gasteiger partial charge in [0.25, 0.3) is 0 Å². The second kappa shape index (κ2) is 2.97. The monoisotopic (exact) mass is 126 g/mol. The van der Waals surface area contributed by atoms with Crippen LogP contribution in [-0.2, 0) is 0 Å². The molecule has 1 heterocycles. The highest BCUT2D eigenvalue weighted by Gasteiger charge is 2.13. The average Bonchev–Trinajstić information content (AvgIpc) is 1.90. The fourth-order valence-electron chi connectivity index (χ4n) is 1.25. The predicted molar refractivity (Wildman–Crippen MR) is 39.0 cm³/mol. The summed E-state index contributed by atoms with van der Waals surface area (Å²) in [5, 5.41) is 10.6. The van der Waals surface area contributed by atoms with E-state index in [2.05, 4.69) is 5.32 Å². The maximum absolute atomic E-state index is 7.36. The van der Waals surface area contributed by atoms with E-state index in [1.165, 1.54) is 0 Å². The van der Waals surface area contributed by atoms with Crippen LogP contribution in [0.1, 0.15) is 19.8 Å². The summed E-state index contributed by atoms with van der Waals surface area (Å²) in [6.07, 6.45) is 2.32. The quantitative estimate of drug-likeness (QED) is 0.506. The molecule has 2 heteroatoms. The van der Waals surface area contributed by atoms with Crippen molar-refractivity contribution in [1.29, 1.82) is 5.41 Å². The van der Waals surface area contributed by atoms with Gasteiger partial charge in [-0.05, 0) is 38.8 Å². The molecule has 0 aromatic rings. The second-order valence-corrected chi connectivity index (χ2v) is 2.71. The lowest BCUT2D eigenvalue weighted by Crippen LogP contribution is -2.30. The van der Waals surface area contributed by atoms with Crippen LogP contribution in [0.25, 0.3) is 0 Å². The Hall–Kier alpha value is -0.370. The maximum atomic E-state index is 7.36. The van der Waals surface area contributed by atoms with Gasteiger partial charge in [-0.1, -0.05) is 0 Å². The number of hydrogen-bond donors (Lipinski definition) is 2. The van der Waals surface area contributed by atoms with Crippen molar-refractivity contribution in [1.82, 2.24) is 5.32 Å². The first-order valence-electron chi connectivity index (χ1n) is 3.56. The van der Waals surface area contributed by atoms with Gasteiger partial charge >= 0.3 is 0 Å². The minimum atomic E-state index is 0.575. The highest BCUT2D eigenvalue weighted by molar-refractivity contribution is 5.81. The molecule has 1 aliphatic rings. The minimum absolute atomic E-state index is 0.575. The molecule has 0 aromatic carbocycles. The highest BCUT2D eigenvalue weighted by atomic mass is 14.9. The van der Waals surface area contributed by atoms with Crippen molar-refractivity contribution in [2.24, 2.45) is 5.92 Å². The molecule has 0 aliphatic carbocycles. The Balaban J connectivity index is 2.31. The summed E-state index contributed by atoms with van der Waals surface area (Å²) in [5.41, 5.74) is 0.858. The van der Waals surface area contributed by atoms with Gasteiger partial charge in [-0.15, -0.1) is 0 Å². The summed E-state index contributed by atoms with van der Waals surface area (Å²) in [6, 6.07) is 0. The molecule has 2 N–H and O–H groups in total. The highest BCUT2D eigenvalue weighted by Crippen LogP contribution is 2.11. The van der Waals surface area contributed by atoms with E-state index in [9.17, 15) is 0 Å². The summed E-state index contributed by atoms with van der Waals surface area (Å²) < 4.78 is 0. The molecule has 1 rings (SSSR count). The van der Waals surface area contributed by atoms with E-state index >= 15 is 0 Å². The van der Waals surface area contributed by atoms with Crippen LogP contribution < -0.4 is 5.32 Å². The Morgan fingerprint density at radius 3 is 2.33 bits per heavy atom. The van der Waals surface area contributed by atoms with Gasteiger partial charge in [0.2, 0.25) is 0 Å². The van der Waals surface area contributed by atoms with Gasteiger partial charge < -0.3 is 10.7 Å². The normalized spacial score (nSPS) is 21.9. The van der Waals surface area contributed by atoms with Gasteiger partial charge in [-0.25, -0.2) is 0 Å². The lowest BCUT2D eigenvalue weighted by atomic mass is 9.94. The van der Waals surface area contributed by atoms with E-state index in [1.54, 1.807) is 0 Å². The van der Waals surface area contributed by atoms with Crippen molar-refractivity contribution in [2.75, 3.05) is 13.1 Å². The molecule has 0 amide bonds. The van der Waals surface area contributed by atoms with E-state index in [-0.39, 0.29) is 0 Å². The third-order valence-corrected chi connectivity index (χ3v) is 1.95. The molecule has 0 aromatic heterocycles. The van der Waals surface area contributed by atoms with E-state index < -0.39 is 0 Å². The van der Waals surface area contributed by atoms with Gasteiger partial charge in [0.15, 0.2) is 0 Å². The van der Waals surface area contributed by atoms with Crippen molar-refractivity contribution in [3.63, 3.8) is 0 Å². The molecular weight excluding hydrogens is 112 g/mol. The van der Waals surface area contributed by atoms with Crippen LogP contribution in [0.2, 0.25) is 0 Å². The Morgan fingerprint density at radius 2 is 2.00 bits per heavy atom. The first kappa shape index (κ1) is 6.75. The SMILES string of the molecule is CC(=N)C1CCNCC1. The minimum Gasteiger partial charge on any atom is -0.317 e. The maximum Gasteiger partial charge on any atom is 0.00900 e. The third-order valence-electron chi connectivity index (χ3n) is 1.95. The largest absolute Gasteiger partial charge is 0.317 e. The van der Waals surface area contributed by atoms with Crippen LogP contribution in [0.4, 0.5) is 0 Å². The van der Waals surface area contributed by atoms with Crippen molar-refractivity contribution in [3.05, 3.63) is 0 Å².